The quantitative estimate of drug-likeness (QED) is 0.729. The molecule has 0 bridgehead atoms. The van der Waals surface area contributed by atoms with Crippen LogP contribution in [0.2, 0.25) is 0 Å². The highest BCUT2D eigenvalue weighted by atomic mass is 32.2. The second-order valence-electron chi connectivity index (χ2n) is 4.80. The van der Waals surface area contributed by atoms with Crippen LogP contribution in [0.25, 0.3) is 0 Å². The van der Waals surface area contributed by atoms with Crippen molar-refractivity contribution >= 4 is 23.4 Å². The van der Waals surface area contributed by atoms with Crippen LogP contribution in [0, 0.1) is 0 Å². The molecular formula is C12H15NOS. The van der Waals surface area contributed by atoms with Crippen molar-refractivity contribution in [3.05, 3.63) is 23.8 Å². The fourth-order valence-electron chi connectivity index (χ4n) is 1.54. The summed E-state index contributed by atoms with van der Waals surface area (Å²) in [7, 11) is 0. The highest BCUT2D eigenvalue weighted by Gasteiger charge is 2.19. The smallest absolute Gasteiger partial charge is 0.234 e. The van der Waals surface area contributed by atoms with Gasteiger partial charge in [-0.2, -0.15) is 0 Å². The van der Waals surface area contributed by atoms with Gasteiger partial charge in [0.15, 0.2) is 0 Å². The minimum absolute atomic E-state index is 0.0935. The summed E-state index contributed by atoms with van der Waals surface area (Å²) < 4.78 is 0. The molecule has 1 heterocycles. The van der Waals surface area contributed by atoms with Crippen molar-refractivity contribution in [2.45, 2.75) is 31.1 Å². The first-order valence-corrected chi connectivity index (χ1v) is 6.02. The van der Waals surface area contributed by atoms with Crippen LogP contribution in [0.1, 0.15) is 26.3 Å². The molecule has 0 saturated carbocycles. The van der Waals surface area contributed by atoms with Crippen molar-refractivity contribution in [3.63, 3.8) is 0 Å². The van der Waals surface area contributed by atoms with Gasteiger partial charge in [0.2, 0.25) is 5.91 Å². The molecular weight excluding hydrogens is 206 g/mol. The topological polar surface area (TPSA) is 29.1 Å². The van der Waals surface area contributed by atoms with E-state index in [1.165, 1.54) is 10.5 Å². The third-order valence-electron chi connectivity index (χ3n) is 2.48. The van der Waals surface area contributed by atoms with Crippen LogP contribution in [0.3, 0.4) is 0 Å². The molecule has 1 aromatic carbocycles. The molecule has 0 aliphatic carbocycles. The van der Waals surface area contributed by atoms with Crippen LogP contribution in [-0.2, 0) is 10.2 Å². The molecule has 0 aromatic heterocycles. The lowest BCUT2D eigenvalue weighted by Crippen LogP contribution is -2.19. The van der Waals surface area contributed by atoms with E-state index in [9.17, 15) is 4.79 Å². The molecule has 15 heavy (non-hydrogen) atoms. The molecule has 2 nitrogen and oxygen atoms in total. The number of thioether (sulfide) groups is 1. The minimum Gasteiger partial charge on any atom is -0.324 e. The zero-order chi connectivity index (χ0) is 11.1. The van der Waals surface area contributed by atoms with Crippen LogP contribution >= 0.6 is 11.8 Å². The first-order chi connectivity index (χ1) is 6.97. The maximum atomic E-state index is 11.2. The fraction of sp³-hybridized carbons (Fsp3) is 0.417. The van der Waals surface area contributed by atoms with Crippen LogP contribution < -0.4 is 5.32 Å². The van der Waals surface area contributed by atoms with Gasteiger partial charge in [-0.3, -0.25) is 4.79 Å². The molecule has 1 aromatic rings. The zero-order valence-corrected chi connectivity index (χ0v) is 10.1. The van der Waals surface area contributed by atoms with E-state index < -0.39 is 0 Å². The van der Waals surface area contributed by atoms with E-state index in [1.54, 1.807) is 11.8 Å². The van der Waals surface area contributed by atoms with Gasteiger partial charge >= 0.3 is 0 Å². The number of anilines is 1. The summed E-state index contributed by atoms with van der Waals surface area (Å²) in [5, 5.41) is 2.88. The van der Waals surface area contributed by atoms with Crippen molar-refractivity contribution in [2.75, 3.05) is 11.1 Å². The van der Waals surface area contributed by atoms with Gasteiger partial charge in [0.05, 0.1) is 11.4 Å². The summed E-state index contributed by atoms with van der Waals surface area (Å²) in [5.41, 5.74) is 2.42. The van der Waals surface area contributed by atoms with Gasteiger partial charge in [-0.05, 0) is 23.1 Å². The number of fused-ring (bicyclic) bond motifs is 1. The summed E-state index contributed by atoms with van der Waals surface area (Å²) in [6, 6.07) is 6.27. The maximum Gasteiger partial charge on any atom is 0.234 e. The lowest BCUT2D eigenvalue weighted by atomic mass is 9.87. The number of rotatable bonds is 0. The predicted octanol–water partition coefficient (Wildman–Crippen LogP) is 3.03. The van der Waals surface area contributed by atoms with E-state index in [0.29, 0.717) is 5.75 Å². The normalized spacial score (nSPS) is 15.8. The highest BCUT2D eigenvalue weighted by molar-refractivity contribution is 8.00. The second-order valence-corrected chi connectivity index (χ2v) is 5.81. The van der Waals surface area contributed by atoms with Gasteiger partial charge in [-0.15, -0.1) is 11.8 Å². The number of carbonyl (C=O) groups excluding carboxylic acids is 1. The van der Waals surface area contributed by atoms with Crippen LogP contribution in [0.5, 0.6) is 0 Å². The number of benzene rings is 1. The number of nitrogens with one attached hydrogen (secondary N) is 1. The van der Waals surface area contributed by atoms with Gasteiger partial charge in [-0.25, -0.2) is 0 Å². The van der Waals surface area contributed by atoms with E-state index in [4.69, 9.17) is 0 Å². The summed E-state index contributed by atoms with van der Waals surface area (Å²) in [6.07, 6.45) is 0. The Kier molecular flexibility index (Phi) is 2.51. The average molecular weight is 221 g/mol. The molecule has 1 aliphatic rings. The third kappa shape index (κ3) is 2.17. The van der Waals surface area contributed by atoms with Gasteiger partial charge in [-0.1, -0.05) is 26.8 Å². The highest BCUT2D eigenvalue weighted by Crippen LogP contribution is 2.35. The summed E-state index contributed by atoms with van der Waals surface area (Å²) in [5.74, 6) is 0.622. The molecule has 1 aliphatic heterocycles. The fourth-order valence-corrected chi connectivity index (χ4v) is 2.38. The van der Waals surface area contributed by atoms with Crippen molar-refractivity contribution in [1.29, 1.82) is 0 Å². The number of carbonyl (C=O) groups is 1. The summed E-state index contributed by atoms with van der Waals surface area (Å²) in [6.45, 7) is 6.59. The third-order valence-corrected chi connectivity index (χ3v) is 3.54. The Hall–Kier alpha value is -0.960. The number of amides is 1. The minimum atomic E-state index is 0.0935. The van der Waals surface area contributed by atoms with Crippen molar-refractivity contribution in [2.24, 2.45) is 0 Å². The number of hydrogen-bond acceptors (Lipinski definition) is 2. The monoisotopic (exact) mass is 221 g/mol. The Morgan fingerprint density at radius 2 is 2.07 bits per heavy atom. The molecule has 0 fully saturated rings. The standard InChI is InChI=1S/C12H15NOS/c1-12(2,3)8-4-5-9-10(6-8)15-7-11(14)13-9/h4-6H,7H2,1-3H3,(H,13,14). The van der Waals surface area contributed by atoms with E-state index in [-0.39, 0.29) is 11.3 Å². The Bertz CT molecular complexity index is 407. The number of hydrogen-bond donors (Lipinski definition) is 1. The van der Waals surface area contributed by atoms with Gasteiger partial charge in [0, 0.05) is 4.90 Å². The van der Waals surface area contributed by atoms with Crippen molar-refractivity contribution < 1.29 is 4.79 Å². The molecule has 2 rings (SSSR count). The van der Waals surface area contributed by atoms with Crippen LogP contribution in [-0.4, -0.2) is 11.7 Å². The van der Waals surface area contributed by atoms with Crippen LogP contribution in [0.4, 0.5) is 5.69 Å². The Balaban J connectivity index is 2.39. The van der Waals surface area contributed by atoms with Crippen molar-refractivity contribution in [3.8, 4) is 0 Å². The molecule has 0 saturated heterocycles. The van der Waals surface area contributed by atoms with Gasteiger partial charge in [0.1, 0.15) is 0 Å². The molecule has 1 N–H and O–H groups in total. The Morgan fingerprint density at radius 3 is 2.73 bits per heavy atom. The van der Waals surface area contributed by atoms with E-state index >= 15 is 0 Å². The summed E-state index contributed by atoms with van der Waals surface area (Å²) >= 11 is 1.62. The maximum absolute atomic E-state index is 11.2. The lowest BCUT2D eigenvalue weighted by molar-refractivity contribution is -0.113. The molecule has 0 radical (unpaired) electrons. The molecule has 0 spiro atoms. The van der Waals surface area contributed by atoms with E-state index in [2.05, 4.69) is 38.2 Å². The first kappa shape index (κ1) is 10.6. The molecule has 3 heteroatoms. The van der Waals surface area contributed by atoms with Gasteiger partial charge < -0.3 is 5.32 Å². The average Bonchev–Trinajstić information content (AvgIpc) is 2.15. The molecule has 80 valence electrons. The van der Waals surface area contributed by atoms with E-state index in [1.807, 2.05) is 6.07 Å². The summed E-state index contributed by atoms with van der Waals surface area (Å²) in [4.78, 5) is 12.4. The Morgan fingerprint density at radius 1 is 1.33 bits per heavy atom. The predicted molar refractivity (Wildman–Crippen MR) is 64.5 cm³/mol. The first-order valence-electron chi connectivity index (χ1n) is 5.04. The Labute approximate surface area is 94.4 Å². The lowest BCUT2D eigenvalue weighted by Gasteiger charge is -2.23. The second kappa shape index (κ2) is 3.56. The van der Waals surface area contributed by atoms with Crippen LogP contribution in [0.15, 0.2) is 23.1 Å². The molecule has 0 atom stereocenters. The SMILES string of the molecule is CC(C)(C)c1ccc2c(c1)SCC(=O)N2. The molecule has 1 amide bonds. The van der Waals surface area contributed by atoms with E-state index in [0.717, 1.165) is 5.69 Å². The molecule has 0 unspecified atom stereocenters. The van der Waals surface area contributed by atoms with Gasteiger partial charge in [0.25, 0.3) is 0 Å². The zero-order valence-electron chi connectivity index (χ0n) is 9.26. The van der Waals surface area contributed by atoms with Crippen molar-refractivity contribution in [1.82, 2.24) is 0 Å². The largest absolute Gasteiger partial charge is 0.324 e.